The molecule has 1 saturated heterocycles. The molecule has 0 unspecified atom stereocenters. The van der Waals surface area contributed by atoms with Gasteiger partial charge in [0.25, 0.3) is 0 Å². The van der Waals surface area contributed by atoms with E-state index in [9.17, 15) is 9.18 Å². The first kappa shape index (κ1) is 16.7. The van der Waals surface area contributed by atoms with E-state index in [1.54, 1.807) is 13.2 Å². The minimum atomic E-state index is -0.334. The van der Waals surface area contributed by atoms with Crippen LogP contribution in [-0.4, -0.2) is 43.7 Å². The number of ether oxygens (including phenoxy) is 1. The molecule has 0 bridgehead atoms. The predicted molar refractivity (Wildman–Crippen MR) is 86.7 cm³/mol. The van der Waals surface area contributed by atoms with Gasteiger partial charge in [-0.05, 0) is 30.5 Å². The molecule has 0 spiro atoms. The van der Waals surface area contributed by atoms with Gasteiger partial charge < -0.3 is 10.1 Å². The first-order valence-electron chi connectivity index (χ1n) is 8.02. The van der Waals surface area contributed by atoms with Crippen LogP contribution in [0, 0.1) is 17.7 Å². The molecule has 6 heteroatoms. The van der Waals surface area contributed by atoms with Crippen LogP contribution < -0.4 is 5.32 Å². The summed E-state index contributed by atoms with van der Waals surface area (Å²) in [6.07, 6.45) is 2.17. The van der Waals surface area contributed by atoms with Crippen molar-refractivity contribution in [3.63, 3.8) is 0 Å². The Labute approximate surface area is 140 Å². The molecule has 1 aromatic carbocycles. The number of methoxy groups -OCH3 is 1. The molecule has 23 heavy (non-hydrogen) atoms. The third-order valence-electron chi connectivity index (χ3n) is 4.57. The highest BCUT2D eigenvalue weighted by Gasteiger charge is 2.39. The summed E-state index contributed by atoms with van der Waals surface area (Å²) in [5.74, 6) is -0.0888. The molecule has 1 aliphatic heterocycles. The standard InChI is InChI=1S/C17H22ClFN2O2/c1-23-10-12-8-21(7-11-2-3-13(19)6-16(11)18)9-15(12)17(22)20-14-4-5-14/h2-3,6,12,14-15H,4-5,7-10H2,1H3,(H,20,22)/t12-,15+/m0/s1. The average molecular weight is 341 g/mol. The summed E-state index contributed by atoms with van der Waals surface area (Å²) in [5.41, 5.74) is 0.882. The van der Waals surface area contributed by atoms with E-state index in [0.717, 1.165) is 24.9 Å². The van der Waals surface area contributed by atoms with Crippen LogP contribution in [0.3, 0.4) is 0 Å². The lowest BCUT2D eigenvalue weighted by molar-refractivity contribution is -0.126. The van der Waals surface area contributed by atoms with Gasteiger partial charge in [0, 0.05) is 43.7 Å². The van der Waals surface area contributed by atoms with Crippen LogP contribution in [0.5, 0.6) is 0 Å². The number of hydrogen-bond donors (Lipinski definition) is 1. The molecule has 1 aliphatic carbocycles. The second-order valence-corrected chi connectivity index (χ2v) is 6.94. The third kappa shape index (κ3) is 4.22. The molecule has 0 radical (unpaired) electrons. The van der Waals surface area contributed by atoms with Gasteiger partial charge in [-0.1, -0.05) is 17.7 Å². The fourth-order valence-electron chi connectivity index (χ4n) is 3.20. The van der Waals surface area contributed by atoms with E-state index < -0.39 is 0 Å². The maximum absolute atomic E-state index is 13.2. The first-order valence-corrected chi connectivity index (χ1v) is 8.40. The summed E-state index contributed by atoms with van der Waals surface area (Å²) in [6, 6.07) is 4.82. The highest BCUT2D eigenvalue weighted by atomic mass is 35.5. The Balaban J connectivity index is 1.65. The number of benzene rings is 1. The first-order chi connectivity index (χ1) is 11.1. The molecule has 126 valence electrons. The van der Waals surface area contributed by atoms with Gasteiger partial charge in [-0.2, -0.15) is 0 Å². The van der Waals surface area contributed by atoms with Crippen molar-refractivity contribution in [2.45, 2.75) is 25.4 Å². The number of rotatable bonds is 6. The van der Waals surface area contributed by atoms with E-state index in [4.69, 9.17) is 16.3 Å². The smallest absolute Gasteiger partial charge is 0.225 e. The lowest BCUT2D eigenvalue weighted by Gasteiger charge is -2.17. The van der Waals surface area contributed by atoms with E-state index >= 15 is 0 Å². The van der Waals surface area contributed by atoms with Crippen molar-refractivity contribution in [2.24, 2.45) is 11.8 Å². The van der Waals surface area contributed by atoms with E-state index in [1.165, 1.54) is 12.1 Å². The highest BCUT2D eigenvalue weighted by molar-refractivity contribution is 6.31. The second-order valence-electron chi connectivity index (χ2n) is 6.53. The average Bonchev–Trinajstić information content (AvgIpc) is 3.22. The number of carbonyl (C=O) groups excluding carboxylic acids is 1. The normalized spacial score (nSPS) is 24.8. The number of amides is 1. The Morgan fingerprint density at radius 3 is 2.87 bits per heavy atom. The zero-order valence-corrected chi connectivity index (χ0v) is 14.0. The third-order valence-corrected chi connectivity index (χ3v) is 4.92. The maximum Gasteiger partial charge on any atom is 0.225 e. The SMILES string of the molecule is COC[C@@H]1CN(Cc2ccc(F)cc2Cl)C[C@H]1C(=O)NC1CC1. The Bertz CT molecular complexity index is 580. The fourth-order valence-corrected chi connectivity index (χ4v) is 3.42. The van der Waals surface area contributed by atoms with E-state index in [1.807, 2.05) is 0 Å². The number of nitrogens with one attached hydrogen (secondary N) is 1. The molecular weight excluding hydrogens is 319 g/mol. The highest BCUT2D eigenvalue weighted by Crippen LogP contribution is 2.29. The summed E-state index contributed by atoms with van der Waals surface area (Å²) in [6.45, 7) is 2.65. The quantitative estimate of drug-likeness (QED) is 0.865. The molecule has 1 heterocycles. The van der Waals surface area contributed by atoms with Crippen molar-refractivity contribution in [1.29, 1.82) is 0 Å². The minimum Gasteiger partial charge on any atom is -0.384 e. The Morgan fingerprint density at radius 1 is 1.43 bits per heavy atom. The summed E-state index contributed by atoms with van der Waals surface area (Å²) >= 11 is 6.11. The maximum atomic E-state index is 13.2. The molecule has 2 aliphatic rings. The van der Waals surface area contributed by atoms with Gasteiger partial charge in [0.15, 0.2) is 0 Å². The van der Waals surface area contributed by atoms with E-state index in [2.05, 4.69) is 10.2 Å². The Kier molecular flexibility index (Phi) is 5.19. The van der Waals surface area contributed by atoms with Gasteiger partial charge in [0.2, 0.25) is 5.91 Å². The summed E-state index contributed by atoms with van der Waals surface area (Å²) in [7, 11) is 1.66. The van der Waals surface area contributed by atoms with Crippen LogP contribution in [0.1, 0.15) is 18.4 Å². The van der Waals surface area contributed by atoms with Crippen molar-refractivity contribution in [3.8, 4) is 0 Å². The lowest BCUT2D eigenvalue weighted by Crippen LogP contribution is -2.37. The van der Waals surface area contributed by atoms with Crippen LogP contribution in [0.4, 0.5) is 4.39 Å². The number of likely N-dealkylation sites (tertiary alicyclic amines) is 1. The van der Waals surface area contributed by atoms with Gasteiger partial charge >= 0.3 is 0 Å². The van der Waals surface area contributed by atoms with Gasteiger partial charge in [-0.15, -0.1) is 0 Å². The molecule has 3 rings (SSSR count). The van der Waals surface area contributed by atoms with Crippen LogP contribution in [-0.2, 0) is 16.1 Å². The molecule has 1 N–H and O–H groups in total. The minimum absolute atomic E-state index is 0.0604. The van der Waals surface area contributed by atoms with Crippen LogP contribution in [0.25, 0.3) is 0 Å². The molecule has 2 atom stereocenters. The predicted octanol–water partition coefficient (Wildman–Crippen LogP) is 2.45. The fraction of sp³-hybridized carbons (Fsp3) is 0.588. The van der Waals surface area contributed by atoms with Crippen LogP contribution in [0.2, 0.25) is 5.02 Å². The monoisotopic (exact) mass is 340 g/mol. The summed E-state index contributed by atoms with van der Waals surface area (Å²) < 4.78 is 18.4. The number of halogens is 2. The summed E-state index contributed by atoms with van der Waals surface area (Å²) in [5, 5.41) is 3.52. The van der Waals surface area contributed by atoms with Crippen molar-refractivity contribution in [1.82, 2.24) is 10.2 Å². The van der Waals surface area contributed by atoms with Gasteiger partial charge in [0.1, 0.15) is 5.82 Å². The molecule has 1 amide bonds. The second kappa shape index (κ2) is 7.16. The van der Waals surface area contributed by atoms with Crippen molar-refractivity contribution >= 4 is 17.5 Å². The van der Waals surface area contributed by atoms with Gasteiger partial charge in [0.05, 0.1) is 12.5 Å². The lowest BCUT2D eigenvalue weighted by atomic mass is 9.96. The van der Waals surface area contributed by atoms with Crippen molar-refractivity contribution < 1.29 is 13.9 Å². The Hall–Kier alpha value is -1.17. The van der Waals surface area contributed by atoms with Gasteiger partial charge in [-0.3, -0.25) is 9.69 Å². The van der Waals surface area contributed by atoms with E-state index in [-0.39, 0.29) is 23.6 Å². The zero-order chi connectivity index (χ0) is 16.4. The Morgan fingerprint density at radius 2 is 2.22 bits per heavy atom. The van der Waals surface area contributed by atoms with E-state index in [0.29, 0.717) is 30.8 Å². The molecule has 1 aromatic rings. The molecule has 4 nitrogen and oxygen atoms in total. The van der Waals surface area contributed by atoms with Crippen molar-refractivity contribution in [2.75, 3.05) is 26.8 Å². The summed E-state index contributed by atoms with van der Waals surface area (Å²) in [4.78, 5) is 14.6. The molecular formula is C17H22ClFN2O2. The van der Waals surface area contributed by atoms with Crippen LogP contribution >= 0.6 is 11.6 Å². The largest absolute Gasteiger partial charge is 0.384 e. The number of nitrogens with zero attached hydrogens (tertiary/aromatic N) is 1. The van der Waals surface area contributed by atoms with Gasteiger partial charge in [-0.25, -0.2) is 4.39 Å². The molecule has 1 saturated carbocycles. The van der Waals surface area contributed by atoms with Crippen LogP contribution in [0.15, 0.2) is 18.2 Å². The molecule has 2 fully saturated rings. The number of hydrogen-bond acceptors (Lipinski definition) is 3. The molecule has 0 aromatic heterocycles. The van der Waals surface area contributed by atoms with Crippen molar-refractivity contribution in [3.05, 3.63) is 34.6 Å². The zero-order valence-electron chi connectivity index (χ0n) is 13.2. The number of carbonyl (C=O) groups is 1. The topological polar surface area (TPSA) is 41.6 Å².